The van der Waals surface area contributed by atoms with Crippen LogP contribution in [0.15, 0.2) is 24.3 Å². The smallest absolute Gasteiger partial charge is 0.123 e. The molecule has 1 aliphatic carbocycles. The molecule has 0 aliphatic heterocycles. The van der Waals surface area contributed by atoms with Gasteiger partial charge in [0.2, 0.25) is 0 Å². The highest BCUT2D eigenvalue weighted by Crippen LogP contribution is 2.46. The molecular formula is C13H16O2. The number of rotatable bonds is 5. The van der Waals surface area contributed by atoms with Crippen LogP contribution in [0.2, 0.25) is 0 Å². The predicted octanol–water partition coefficient (Wildman–Crippen LogP) is 2.78. The molecule has 0 heterocycles. The van der Waals surface area contributed by atoms with Crippen molar-refractivity contribution in [2.75, 3.05) is 6.61 Å². The molecule has 0 radical (unpaired) electrons. The van der Waals surface area contributed by atoms with Gasteiger partial charge in [-0.05, 0) is 36.5 Å². The summed E-state index contributed by atoms with van der Waals surface area (Å²) in [6.07, 6.45) is 3.08. The van der Waals surface area contributed by atoms with E-state index in [0.29, 0.717) is 5.92 Å². The predicted molar refractivity (Wildman–Crippen MR) is 59.1 cm³/mol. The Balaban J connectivity index is 2.03. The van der Waals surface area contributed by atoms with E-state index in [9.17, 15) is 4.79 Å². The normalized spacial score (nSPS) is 23.5. The van der Waals surface area contributed by atoms with Crippen molar-refractivity contribution in [1.82, 2.24) is 0 Å². The van der Waals surface area contributed by atoms with Crippen LogP contribution in [0.4, 0.5) is 0 Å². The van der Waals surface area contributed by atoms with Crippen molar-refractivity contribution in [2.45, 2.75) is 25.7 Å². The van der Waals surface area contributed by atoms with Gasteiger partial charge >= 0.3 is 0 Å². The summed E-state index contributed by atoms with van der Waals surface area (Å²) in [5, 5.41) is 0. The maximum absolute atomic E-state index is 10.6. The molecule has 2 nitrogen and oxygen atoms in total. The third-order valence-electron chi connectivity index (χ3n) is 2.77. The Labute approximate surface area is 90.3 Å². The van der Waals surface area contributed by atoms with E-state index in [-0.39, 0.29) is 5.92 Å². The van der Waals surface area contributed by atoms with E-state index in [1.54, 1.807) is 0 Å². The summed E-state index contributed by atoms with van der Waals surface area (Å²) in [5.41, 5.74) is 1.24. The molecule has 0 spiro atoms. The van der Waals surface area contributed by atoms with E-state index in [4.69, 9.17) is 4.74 Å². The third kappa shape index (κ3) is 2.38. The highest BCUT2D eigenvalue weighted by molar-refractivity contribution is 5.61. The molecule has 2 rings (SSSR count). The molecule has 2 unspecified atom stereocenters. The van der Waals surface area contributed by atoms with Gasteiger partial charge in [0.05, 0.1) is 6.61 Å². The van der Waals surface area contributed by atoms with Crippen molar-refractivity contribution in [3.05, 3.63) is 29.8 Å². The van der Waals surface area contributed by atoms with Crippen LogP contribution in [0.3, 0.4) is 0 Å². The summed E-state index contributed by atoms with van der Waals surface area (Å²) in [4.78, 5) is 10.6. The van der Waals surface area contributed by atoms with Gasteiger partial charge in [-0.1, -0.05) is 19.1 Å². The minimum atomic E-state index is 0.242. The molecule has 2 heteroatoms. The lowest BCUT2D eigenvalue weighted by Gasteiger charge is -2.06. The van der Waals surface area contributed by atoms with Crippen LogP contribution in [0, 0.1) is 5.92 Å². The van der Waals surface area contributed by atoms with E-state index in [1.807, 2.05) is 12.1 Å². The Kier molecular flexibility index (Phi) is 3.05. The maximum Gasteiger partial charge on any atom is 0.123 e. The summed E-state index contributed by atoms with van der Waals surface area (Å²) in [6.45, 7) is 2.85. The Hall–Kier alpha value is -1.31. The fourth-order valence-electron chi connectivity index (χ4n) is 1.80. The Bertz CT molecular complexity index is 346. The van der Waals surface area contributed by atoms with E-state index < -0.39 is 0 Å². The average molecular weight is 204 g/mol. The summed E-state index contributed by atoms with van der Waals surface area (Å²) in [6, 6.07) is 8.11. The summed E-state index contributed by atoms with van der Waals surface area (Å²) < 4.78 is 5.55. The molecule has 0 aromatic heterocycles. The lowest BCUT2D eigenvalue weighted by atomic mass is 10.1. The van der Waals surface area contributed by atoms with Gasteiger partial charge in [-0.25, -0.2) is 0 Å². The van der Waals surface area contributed by atoms with Crippen molar-refractivity contribution < 1.29 is 9.53 Å². The van der Waals surface area contributed by atoms with Crippen molar-refractivity contribution in [2.24, 2.45) is 5.92 Å². The molecule has 0 N–H and O–H groups in total. The van der Waals surface area contributed by atoms with E-state index >= 15 is 0 Å². The molecule has 1 fully saturated rings. The van der Waals surface area contributed by atoms with Crippen LogP contribution in [0.5, 0.6) is 5.75 Å². The van der Waals surface area contributed by atoms with Gasteiger partial charge in [-0.3, -0.25) is 0 Å². The van der Waals surface area contributed by atoms with Crippen LogP contribution in [-0.4, -0.2) is 12.9 Å². The monoisotopic (exact) mass is 204 g/mol. The molecule has 1 aliphatic rings. The largest absolute Gasteiger partial charge is 0.494 e. The lowest BCUT2D eigenvalue weighted by molar-refractivity contribution is -0.108. The number of carbonyl (C=O) groups is 1. The second-order valence-corrected chi connectivity index (χ2v) is 4.06. The second kappa shape index (κ2) is 4.47. The van der Waals surface area contributed by atoms with Gasteiger partial charge in [0.1, 0.15) is 12.0 Å². The van der Waals surface area contributed by atoms with Crippen molar-refractivity contribution in [3.63, 3.8) is 0 Å². The molecule has 80 valence electrons. The number of ether oxygens (including phenoxy) is 1. The van der Waals surface area contributed by atoms with Crippen LogP contribution in [0.1, 0.15) is 31.2 Å². The molecular weight excluding hydrogens is 188 g/mol. The Morgan fingerprint density at radius 2 is 2.40 bits per heavy atom. The number of aldehydes is 1. The zero-order chi connectivity index (χ0) is 10.7. The maximum atomic E-state index is 10.6. The highest BCUT2D eigenvalue weighted by Gasteiger charge is 2.37. The molecule has 1 aromatic rings. The zero-order valence-corrected chi connectivity index (χ0v) is 8.98. The van der Waals surface area contributed by atoms with Crippen molar-refractivity contribution in [1.29, 1.82) is 0 Å². The standard InChI is InChI=1S/C13H16O2/c1-2-6-15-12-5-3-4-10(7-12)13-8-11(13)9-14/h3-5,7,9,11,13H,2,6,8H2,1H3. The number of carbonyl (C=O) groups excluding carboxylic acids is 1. The van der Waals surface area contributed by atoms with Crippen LogP contribution in [-0.2, 0) is 4.79 Å². The Morgan fingerprint density at radius 3 is 3.07 bits per heavy atom. The molecule has 1 saturated carbocycles. The first-order chi connectivity index (χ1) is 7.35. The lowest BCUT2D eigenvalue weighted by Crippen LogP contribution is -1.95. The highest BCUT2D eigenvalue weighted by atomic mass is 16.5. The van der Waals surface area contributed by atoms with Crippen LogP contribution >= 0.6 is 0 Å². The molecule has 0 saturated heterocycles. The molecule has 2 atom stereocenters. The summed E-state index contributed by atoms with van der Waals surface area (Å²) in [7, 11) is 0. The van der Waals surface area contributed by atoms with Gasteiger partial charge in [-0.15, -0.1) is 0 Å². The number of benzene rings is 1. The molecule has 0 bridgehead atoms. The first-order valence-corrected chi connectivity index (χ1v) is 5.53. The van der Waals surface area contributed by atoms with E-state index in [2.05, 4.69) is 19.1 Å². The average Bonchev–Trinajstić information content (AvgIpc) is 3.06. The minimum absolute atomic E-state index is 0.242. The summed E-state index contributed by atoms with van der Waals surface area (Å²) >= 11 is 0. The van der Waals surface area contributed by atoms with Gasteiger partial charge in [0, 0.05) is 5.92 Å². The van der Waals surface area contributed by atoms with E-state index in [0.717, 1.165) is 31.5 Å². The molecule has 0 amide bonds. The fourth-order valence-corrected chi connectivity index (χ4v) is 1.80. The van der Waals surface area contributed by atoms with Gasteiger partial charge in [0.15, 0.2) is 0 Å². The quantitative estimate of drug-likeness (QED) is 0.689. The molecule has 1 aromatic carbocycles. The van der Waals surface area contributed by atoms with Crippen molar-refractivity contribution >= 4 is 6.29 Å². The zero-order valence-electron chi connectivity index (χ0n) is 8.98. The number of hydrogen-bond acceptors (Lipinski definition) is 2. The van der Waals surface area contributed by atoms with Gasteiger partial charge in [0.25, 0.3) is 0 Å². The third-order valence-corrected chi connectivity index (χ3v) is 2.77. The van der Waals surface area contributed by atoms with Crippen LogP contribution < -0.4 is 4.74 Å². The van der Waals surface area contributed by atoms with Crippen molar-refractivity contribution in [3.8, 4) is 5.75 Å². The summed E-state index contributed by atoms with van der Waals surface area (Å²) in [5.74, 6) is 1.60. The fraction of sp³-hybridized carbons (Fsp3) is 0.462. The molecule has 15 heavy (non-hydrogen) atoms. The Morgan fingerprint density at radius 1 is 1.53 bits per heavy atom. The van der Waals surface area contributed by atoms with Gasteiger partial charge < -0.3 is 9.53 Å². The topological polar surface area (TPSA) is 26.3 Å². The van der Waals surface area contributed by atoms with Crippen LogP contribution in [0.25, 0.3) is 0 Å². The number of hydrogen-bond donors (Lipinski definition) is 0. The first-order valence-electron chi connectivity index (χ1n) is 5.53. The second-order valence-electron chi connectivity index (χ2n) is 4.06. The van der Waals surface area contributed by atoms with Gasteiger partial charge in [-0.2, -0.15) is 0 Å². The minimum Gasteiger partial charge on any atom is -0.494 e. The SMILES string of the molecule is CCCOc1cccc(C2CC2C=O)c1. The first kappa shape index (κ1) is 10.2. The van der Waals surface area contributed by atoms with E-state index in [1.165, 1.54) is 5.56 Å².